The molecule has 6 nitrogen and oxygen atoms in total. The molecule has 4 rings (SSSR count). The number of nitrogens with zero attached hydrogens (tertiary/aromatic N) is 1. The van der Waals surface area contributed by atoms with Gasteiger partial charge in [0.2, 0.25) is 5.91 Å². The van der Waals surface area contributed by atoms with E-state index in [0.717, 1.165) is 24.2 Å². The van der Waals surface area contributed by atoms with E-state index in [9.17, 15) is 14.4 Å². The molecular formula is C22H20N2O4. The Morgan fingerprint density at radius 2 is 1.86 bits per heavy atom. The standard InChI is InChI=1S/C22H20N2O4/c1-14(15-8-10-16(11-9-15)24-12-4-7-21(24)26)23-22(27)20-13-18(25)17-5-2-3-6-19(17)28-20/h2-3,5-6,8-11,13-14H,4,7,12H2,1H3,(H,23,27)/t14-/m1/s1. The predicted octanol–water partition coefficient (Wildman–Crippen LogP) is 3.41. The maximum Gasteiger partial charge on any atom is 0.287 e. The van der Waals surface area contributed by atoms with Gasteiger partial charge in [0.05, 0.1) is 11.4 Å². The van der Waals surface area contributed by atoms with E-state index in [1.807, 2.05) is 31.2 Å². The largest absolute Gasteiger partial charge is 0.451 e. The molecule has 1 fully saturated rings. The van der Waals surface area contributed by atoms with Gasteiger partial charge < -0.3 is 14.6 Å². The zero-order valence-electron chi connectivity index (χ0n) is 15.5. The number of nitrogens with one attached hydrogen (secondary N) is 1. The third kappa shape index (κ3) is 3.41. The number of anilines is 1. The third-order valence-electron chi connectivity index (χ3n) is 4.98. The molecule has 1 aliphatic rings. The fourth-order valence-electron chi connectivity index (χ4n) is 3.43. The first-order valence-corrected chi connectivity index (χ1v) is 9.27. The first-order chi connectivity index (χ1) is 13.5. The van der Waals surface area contributed by atoms with Crippen LogP contribution in [-0.2, 0) is 4.79 Å². The monoisotopic (exact) mass is 376 g/mol. The Hall–Kier alpha value is -3.41. The van der Waals surface area contributed by atoms with Gasteiger partial charge in [-0.05, 0) is 43.2 Å². The normalized spacial score (nSPS) is 15.0. The third-order valence-corrected chi connectivity index (χ3v) is 4.98. The summed E-state index contributed by atoms with van der Waals surface area (Å²) in [5.41, 5.74) is 1.89. The minimum Gasteiger partial charge on any atom is -0.451 e. The van der Waals surface area contributed by atoms with Crippen LogP contribution in [0.2, 0.25) is 0 Å². The van der Waals surface area contributed by atoms with Gasteiger partial charge in [-0.15, -0.1) is 0 Å². The fraction of sp³-hybridized carbons (Fsp3) is 0.227. The van der Waals surface area contributed by atoms with Gasteiger partial charge in [-0.3, -0.25) is 14.4 Å². The summed E-state index contributed by atoms with van der Waals surface area (Å²) in [5.74, 6) is -0.329. The quantitative estimate of drug-likeness (QED) is 0.757. The topological polar surface area (TPSA) is 79.6 Å². The summed E-state index contributed by atoms with van der Waals surface area (Å²) in [4.78, 5) is 38.3. The summed E-state index contributed by atoms with van der Waals surface area (Å²) in [6, 6.07) is 15.3. The molecule has 0 spiro atoms. The van der Waals surface area contributed by atoms with Crippen LogP contribution in [0.5, 0.6) is 0 Å². The molecule has 2 heterocycles. The van der Waals surface area contributed by atoms with Crippen LogP contribution in [0.4, 0.5) is 5.69 Å². The van der Waals surface area contributed by atoms with Crippen LogP contribution in [0.1, 0.15) is 41.9 Å². The number of benzene rings is 2. The lowest BCUT2D eigenvalue weighted by atomic mass is 10.1. The number of carbonyl (C=O) groups excluding carboxylic acids is 2. The van der Waals surface area contributed by atoms with Gasteiger partial charge in [0.15, 0.2) is 11.2 Å². The van der Waals surface area contributed by atoms with Crippen molar-refractivity contribution in [3.63, 3.8) is 0 Å². The molecule has 28 heavy (non-hydrogen) atoms. The van der Waals surface area contributed by atoms with E-state index < -0.39 is 5.91 Å². The SMILES string of the molecule is C[C@@H](NC(=O)c1cc(=O)c2ccccc2o1)c1ccc(N2CCCC2=O)cc1. The highest BCUT2D eigenvalue weighted by molar-refractivity contribution is 5.95. The predicted molar refractivity (Wildman–Crippen MR) is 106 cm³/mol. The molecule has 2 aromatic carbocycles. The van der Waals surface area contributed by atoms with Gasteiger partial charge in [0.1, 0.15) is 5.58 Å². The van der Waals surface area contributed by atoms with Gasteiger partial charge >= 0.3 is 0 Å². The maximum absolute atomic E-state index is 12.5. The van der Waals surface area contributed by atoms with Crippen molar-refractivity contribution in [2.75, 3.05) is 11.4 Å². The highest BCUT2D eigenvalue weighted by Gasteiger charge is 2.22. The first kappa shape index (κ1) is 18.0. The maximum atomic E-state index is 12.5. The summed E-state index contributed by atoms with van der Waals surface area (Å²) < 4.78 is 5.58. The number of rotatable bonds is 4. The van der Waals surface area contributed by atoms with Crippen molar-refractivity contribution in [2.45, 2.75) is 25.8 Å². The number of carbonyl (C=O) groups is 2. The molecule has 0 aliphatic carbocycles. The van der Waals surface area contributed by atoms with Gasteiger partial charge in [0.25, 0.3) is 5.91 Å². The lowest BCUT2D eigenvalue weighted by molar-refractivity contribution is -0.117. The van der Waals surface area contributed by atoms with E-state index >= 15 is 0 Å². The molecule has 1 N–H and O–H groups in total. The minimum atomic E-state index is -0.450. The van der Waals surface area contributed by atoms with Crippen molar-refractivity contribution in [1.82, 2.24) is 5.32 Å². The van der Waals surface area contributed by atoms with Crippen molar-refractivity contribution >= 4 is 28.5 Å². The molecule has 2 amide bonds. The molecule has 1 aliphatic heterocycles. The zero-order chi connectivity index (χ0) is 19.7. The van der Waals surface area contributed by atoms with Crippen molar-refractivity contribution < 1.29 is 14.0 Å². The molecule has 1 saturated heterocycles. The smallest absolute Gasteiger partial charge is 0.287 e. The molecule has 0 bridgehead atoms. The highest BCUT2D eigenvalue weighted by Crippen LogP contribution is 2.23. The van der Waals surface area contributed by atoms with Crippen molar-refractivity contribution in [1.29, 1.82) is 0 Å². The second kappa shape index (κ2) is 7.31. The zero-order valence-corrected chi connectivity index (χ0v) is 15.5. The number of hydrogen-bond acceptors (Lipinski definition) is 4. The molecule has 142 valence electrons. The van der Waals surface area contributed by atoms with Crippen LogP contribution in [0.25, 0.3) is 11.0 Å². The fourth-order valence-corrected chi connectivity index (χ4v) is 3.43. The van der Waals surface area contributed by atoms with E-state index in [1.54, 1.807) is 29.2 Å². The van der Waals surface area contributed by atoms with Crippen LogP contribution < -0.4 is 15.6 Å². The van der Waals surface area contributed by atoms with Crippen molar-refractivity contribution in [3.05, 3.63) is 76.1 Å². The lowest BCUT2D eigenvalue weighted by Crippen LogP contribution is -2.27. The van der Waals surface area contributed by atoms with E-state index in [-0.39, 0.29) is 23.1 Å². The molecule has 1 aromatic heterocycles. The van der Waals surface area contributed by atoms with E-state index in [4.69, 9.17) is 4.42 Å². The van der Waals surface area contributed by atoms with Crippen LogP contribution in [0, 0.1) is 0 Å². The van der Waals surface area contributed by atoms with Gasteiger partial charge in [0, 0.05) is 24.7 Å². The molecular weight excluding hydrogens is 356 g/mol. The molecule has 0 radical (unpaired) electrons. The van der Waals surface area contributed by atoms with Crippen LogP contribution in [0.15, 0.2) is 63.8 Å². The number of amides is 2. The Balaban J connectivity index is 1.50. The molecule has 6 heteroatoms. The molecule has 0 saturated carbocycles. The number of para-hydroxylation sites is 1. The van der Waals surface area contributed by atoms with Gasteiger partial charge in [-0.25, -0.2) is 0 Å². The summed E-state index contributed by atoms with van der Waals surface area (Å²) >= 11 is 0. The summed E-state index contributed by atoms with van der Waals surface area (Å²) in [6.07, 6.45) is 1.47. The number of fused-ring (bicyclic) bond motifs is 1. The van der Waals surface area contributed by atoms with E-state index in [2.05, 4.69) is 5.32 Å². The number of hydrogen-bond donors (Lipinski definition) is 1. The van der Waals surface area contributed by atoms with Crippen molar-refractivity contribution in [3.8, 4) is 0 Å². The van der Waals surface area contributed by atoms with Crippen molar-refractivity contribution in [2.24, 2.45) is 0 Å². The van der Waals surface area contributed by atoms with Crippen LogP contribution in [0.3, 0.4) is 0 Å². The first-order valence-electron chi connectivity index (χ1n) is 9.27. The summed E-state index contributed by atoms with van der Waals surface area (Å²) in [6.45, 7) is 2.60. The summed E-state index contributed by atoms with van der Waals surface area (Å²) in [5, 5.41) is 3.29. The minimum absolute atomic E-state index is 0.0187. The molecule has 1 atom stereocenters. The Morgan fingerprint density at radius 1 is 1.11 bits per heavy atom. The van der Waals surface area contributed by atoms with Gasteiger partial charge in [-0.2, -0.15) is 0 Å². The van der Waals surface area contributed by atoms with E-state index in [0.29, 0.717) is 17.4 Å². The van der Waals surface area contributed by atoms with Crippen LogP contribution in [-0.4, -0.2) is 18.4 Å². The lowest BCUT2D eigenvalue weighted by Gasteiger charge is -2.18. The Bertz CT molecular complexity index is 1100. The van der Waals surface area contributed by atoms with Gasteiger partial charge in [-0.1, -0.05) is 24.3 Å². The average molecular weight is 376 g/mol. The average Bonchev–Trinajstić information content (AvgIpc) is 3.14. The van der Waals surface area contributed by atoms with Crippen LogP contribution >= 0.6 is 0 Å². The second-order valence-electron chi connectivity index (χ2n) is 6.91. The second-order valence-corrected chi connectivity index (χ2v) is 6.91. The molecule has 3 aromatic rings. The Morgan fingerprint density at radius 3 is 2.57 bits per heavy atom. The Kier molecular flexibility index (Phi) is 4.69. The highest BCUT2D eigenvalue weighted by atomic mass is 16.3. The van der Waals surface area contributed by atoms with E-state index in [1.165, 1.54) is 6.07 Å². The molecule has 0 unspecified atom stereocenters. The summed E-state index contributed by atoms with van der Waals surface area (Å²) in [7, 11) is 0. The Labute approximate surface area is 161 Å².